The van der Waals surface area contributed by atoms with E-state index in [0.29, 0.717) is 6.42 Å². The number of carbonyl (C=O) groups excluding carboxylic acids is 1. The lowest BCUT2D eigenvalue weighted by Gasteiger charge is -2.33. The Labute approximate surface area is 149 Å². The maximum Gasteiger partial charge on any atom is 0.231 e. The third kappa shape index (κ3) is 2.93. The molecular weight excluding hydrogens is 312 g/mol. The van der Waals surface area contributed by atoms with Gasteiger partial charge < -0.3 is 5.73 Å². The van der Waals surface area contributed by atoms with Crippen LogP contribution < -0.4 is 5.73 Å². The van der Waals surface area contributed by atoms with Gasteiger partial charge in [0.15, 0.2) is 5.96 Å². The fourth-order valence-corrected chi connectivity index (χ4v) is 3.36. The molecule has 0 saturated heterocycles. The van der Waals surface area contributed by atoms with Gasteiger partial charge in [-0.25, -0.2) is 4.99 Å². The Hall–Kier alpha value is -2.61. The lowest BCUT2D eigenvalue weighted by molar-refractivity contribution is -0.128. The molecule has 0 bridgehead atoms. The van der Waals surface area contributed by atoms with Crippen LogP contribution in [0, 0.1) is 17.3 Å². The summed E-state index contributed by atoms with van der Waals surface area (Å²) >= 11 is 0. The summed E-state index contributed by atoms with van der Waals surface area (Å²) in [6.07, 6.45) is 1.08. The highest BCUT2D eigenvalue weighted by Gasteiger charge is 2.37. The van der Waals surface area contributed by atoms with Crippen LogP contribution in [-0.4, -0.2) is 29.5 Å². The maximum absolute atomic E-state index is 12.2. The molecule has 0 unspecified atom stereocenters. The summed E-state index contributed by atoms with van der Waals surface area (Å²) in [5, 5.41) is 0. The van der Waals surface area contributed by atoms with E-state index < -0.39 is 5.54 Å². The zero-order valence-corrected chi connectivity index (χ0v) is 15.5. The van der Waals surface area contributed by atoms with E-state index in [2.05, 4.69) is 36.7 Å². The number of nitrogens with zero attached hydrogens (tertiary/aromatic N) is 3. The van der Waals surface area contributed by atoms with E-state index in [1.165, 1.54) is 4.90 Å². The highest BCUT2D eigenvalue weighted by molar-refractivity contribution is 6.00. The Morgan fingerprint density at radius 3 is 2.72 bits per heavy atom. The maximum atomic E-state index is 12.2. The van der Waals surface area contributed by atoms with E-state index in [9.17, 15) is 4.79 Å². The Morgan fingerprint density at radius 2 is 2.08 bits per heavy atom. The summed E-state index contributed by atoms with van der Waals surface area (Å²) in [6.45, 7) is 7.99. The molecule has 1 atom stereocenters. The van der Waals surface area contributed by atoms with Crippen LogP contribution in [0.4, 0.5) is 5.69 Å². The number of amides is 1. The molecule has 3 rings (SSSR count). The van der Waals surface area contributed by atoms with Crippen LogP contribution in [0.2, 0.25) is 0 Å². The number of guanidine groups is 1. The summed E-state index contributed by atoms with van der Waals surface area (Å²) in [5.74, 6) is 6.46. The predicted molar refractivity (Wildman–Crippen MR) is 101 cm³/mol. The summed E-state index contributed by atoms with van der Waals surface area (Å²) in [4.78, 5) is 23.0. The first-order valence-electron chi connectivity index (χ1n) is 8.43. The van der Waals surface area contributed by atoms with Crippen molar-refractivity contribution >= 4 is 23.3 Å². The molecule has 0 fully saturated rings. The van der Waals surface area contributed by atoms with Crippen molar-refractivity contribution in [3.05, 3.63) is 29.3 Å². The Bertz CT molecular complexity index is 869. The van der Waals surface area contributed by atoms with Crippen LogP contribution in [-0.2, 0) is 16.8 Å². The summed E-state index contributed by atoms with van der Waals surface area (Å²) in [7, 11) is 1.65. The van der Waals surface area contributed by atoms with Crippen molar-refractivity contribution in [3.8, 4) is 11.8 Å². The third-order valence-corrected chi connectivity index (χ3v) is 5.05. The van der Waals surface area contributed by atoms with Crippen molar-refractivity contribution in [2.24, 2.45) is 21.1 Å². The molecule has 0 spiro atoms. The molecule has 2 heterocycles. The first-order valence-corrected chi connectivity index (χ1v) is 8.43. The number of carbonyl (C=O) groups is 1. The Morgan fingerprint density at radius 1 is 1.36 bits per heavy atom. The van der Waals surface area contributed by atoms with Crippen molar-refractivity contribution in [3.63, 3.8) is 0 Å². The van der Waals surface area contributed by atoms with Gasteiger partial charge in [-0.3, -0.25) is 14.7 Å². The first kappa shape index (κ1) is 17.2. The molecule has 130 valence electrons. The van der Waals surface area contributed by atoms with Gasteiger partial charge in [-0.1, -0.05) is 18.1 Å². The molecule has 25 heavy (non-hydrogen) atoms. The van der Waals surface area contributed by atoms with E-state index >= 15 is 0 Å². The van der Waals surface area contributed by atoms with Gasteiger partial charge in [-0.05, 0) is 44.9 Å². The van der Waals surface area contributed by atoms with E-state index in [-0.39, 0.29) is 17.3 Å². The molecule has 5 nitrogen and oxygen atoms in total. The van der Waals surface area contributed by atoms with Crippen molar-refractivity contribution in [1.82, 2.24) is 4.90 Å². The van der Waals surface area contributed by atoms with Crippen molar-refractivity contribution in [2.45, 2.75) is 46.1 Å². The minimum Gasteiger partial charge on any atom is -0.369 e. The summed E-state index contributed by atoms with van der Waals surface area (Å²) in [5.41, 5.74) is 9.24. The number of nitrogens with two attached hydrogens (primary N) is 1. The molecule has 2 N–H and O–H groups in total. The molecular formula is C20H24N4O. The molecule has 0 radical (unpaired) electrons. The van der Waals surface area contributed by atoms with Crippen molar-refractivity contribution < 1.29 is 4.79 Å². The van der Waals surface area contributed by atoms with E-state index in [1.807, 2.05) is 26.0 Å². The number of hydrogen-bond donors (Lipinski definition) is 1. The second kappa shape index (κ2) is 5.73. The van der Waals surface area contributed by atoms with Crippen LogP contribution in [0.5, 0.6) is 0 Å². The Kier molecular flexibility index (Phi) is 3.95. The van der Waals surface area contributed by atoms with Crippen LogP contribution in [0.15, 0.2) is 28.2 Å². The second-order valence-electron chi connectivity index (χ2n) is 7.45. The third-order valence-electron chi connectivity index (χ3n) is 5.05. The van der Waals surface area contributed by atoms with Crippen molar-refractivity contribution in [1.29, 1.82) is 0 Å². The van der Waals surface area contributed by atoms with Gasteiger partial charge >= 0.3 is 0 Å². The lowest BCUT2D eigenvalue weighted by atomic mass is 9.84. The molecule has 2 aliphatic heterocycles. The minimum absolute atomic E-state index is 0.0215. The van der Waals surface area contributed by atoms with E-state index in [4.69, 9.17) is 10.7 Å². The van der Waals surface area contributed by atoms with Crippen LogP contribution in [0.1, 0.15) is 45.2 Å². The van der Waals surface area contributed by atoms with Gasteiger partial charge in [0.05, 0.1) is 23.1 Å². The minimum atomic E-state index is -0.635. The fourth-order valence-electron chi connectivity index (χ4n) is 3.36. The van der Waals surface area contributed by atoms with Gasteiger partial charge in [0.2, 0.25) is 5.91 Å². The number of aliphatic imine (C=N–C) groups is 2. The molecule has 0 aromatic heterocycles. The smallest absolute Gasteiger partial charge is 0.231 e. The highest BCUT2D eigenvalue weighted by Crippen LogP contribution is 2.38. The average Bonchev–Trinajstić information content (AvgIpc) is 2.96. The lowest BCUT2D eigenvalue weighted by Crippen LogP contribution is -2.47. The van der Waals surface area contributed by atoms with E-state index in [0.717, 1.165) is 28.9 Å². The SMILES string of the molecule is CC#CC(C)(C)C1=Nc2ccc([C@]3(C)CC(=O)N(C)C(N)=N3)cc2C1. The number of rotatable bonds is 2. The topological polar surface area (TPSA) is 71.0 Å². The summed E-state index contributed by atoms with van der Waals surface area (Å²) in [6, 6.07) is 6.11. The zero-order valence-electron chi connectivity index (χ0n) is 15.5. The monoisotopic (exact) mass is 336 g/mol. The van der Waals surface area contributed by atoms with Crippen LogP contribution in [0.3, 0.4) is 0 Å². The molecule has 2 aliphatic rings. The quantitative estimate of drug-likeness (QED) is 0.844. The first-order chi connectivity index (χ1) is 11.7. The van der Waals surface area contributed by atoms with Gasteiger partial charge in [-0.15, -0.1) is 5.92 Å². The van der Waals surface area contributed by atoms with Gasteiger partial charge in [0.25, 0.3) is 0 Å². The molecule has 0 saturated carbocycles. The zero-order chi connectivity index (χ0) is 18.4. The average molecular weight is 336 g/mol. The Balaban J connectivity index is 1.95. The molecule has 1 aromatic carbocycles. The van der Waals surface area contributed by atoms with Gasteiger partial charge in [0.1, 0.15) is 0 Å². The van der Waals surface area contributed by atoms with E-state index in [1.54, 1.807) is 7.05 Å². The standard InChI is InChI=1S/C20H24N4O/c1-6-9-19(2,3)16-11-13-10-14(7-8-15(13)22-16)20(4)12-17(25)24(5)18(21)23-20/h7-8,10H,11-12H2,1-5H3,(H2,21,23)/t20-/m0/s1. The molecule has 0 aliphatic carbocycles. The van der Waals surface area contributed by atoms with Crippen molar-refractivity contribution in [2.75, 3.05) is 7.05 Å². The predicted octanol–water partition coefficient (Wildman–Crippen LogP) is 2.76. The number of benzene rings is 1. The molecule has 1 aromatic rings. The number of hydrogen-bond acceptors (Lipinski definition) is 4. The largest absolute Gasteiger partial charge is 0.369 e. The second-order valence-corrected chi connectivity index (χ2v) is 7.45. The normalized spacial score (nSPS) is 22.8. The van der Waals surface area contributed by atoms with Crippen LogP contribution in [0.25, 0.3) is 0 Å². The van der Waals surface area contributed by atoms with Crippen LogP contribution >= 0.6 is 0 Å². The molecule has 5 heteroatoms. The highest BCUT2D eigenvalue weighted by atomic mass is 16.2. The molecule has 1 amide bonds. The fraction of sp³-hybridized carbons (Fsp3) is 0.450. The van der Waals surface area contributed by atoms with Gasteiger partial charge in [0, 0.05) is 19.2 Å². The summed E-state index contributed by atoms with van der Waals surface area (Å²) < 4.78 is 0. The number of fused-ring (bicyclic) bond motifs is 1. The van der Waals surface area contributed by atoms with Gasteiger partial charge in [-0.2, -0.15) is 0 Å².